The fourth-order valence-electron chi connectivity index (χ4n) is 2.27. The average Bonchev–Trinajstić information content (AvgIpc) is 2.72. The monoisotopic (exact) mass is 282 g/mol. The first kappa shape index (κ1) is 14.1. The summed E-state index contributed by atoms with van der Waals surface area (Å²) in [5.74, 6) is 0.243. The summed E-state index contributed by atoms with van der Waals surface area (Å²) in [7, 11) is 0. The minimum Gasteiger partial charge on any atom is -0.382 e. The van der Waals surface area contributed by atoms with E-state index in [4.69, 9.17) is 5.73 Å². The number of rotatable bonds is 6. The standard InChI is InChI=1S/C13H22N4OS/c1-3-8-15-12-16-10(14)9(19-12)11(18)17-13(4-2)6-5-7-13/h3-8,14H2,1-2H3,(H,15,16)(H,17,18). The zero-order chi connectivity index (χ0) is 13.9. The molecule has 0 aromatic carbocycles. The van der Waals surface area contributed by atoms with Crippen LogP contribution in [0.2, 0.25) is 0 Å². The van der Waals surface area contributed by atoms with E-state index in [1.807, 2.05) is 0 Å². The topological polar surface area (TPSA) is 80.0 Å². The summed E-state index contributed by atoms with van der Waals surface area (Å²) < 4.78 is 0. The molecule has 0 aliphatic heterocycles. The van der Waals surface area contributed by atoms with Gasteiger partial charge in [-0.15, -0.1) is 0 Å². The fraction of sp³-hybridized carbons (Fsp3) is 0.692. The van der Waals surface area contributed by atoms with Gasteiger partial charge in [-0.2, -0.15) is 0 Å². The second-order valence-electron chi connectivity index (χ2n) is 5.10. The first-order chi connectivity index (χ1) is 9.10. The van der Waals surface area contributed by atoms with Crippen molar-refractivity contribution in [1.29, 1.82) is 0 Å². The Morgan fingerprint density at radius 1 is 1.47 bits per heavy atom. The van der Waals surface area contributed by atoms with Crippen LogP contribution >= 0.6 is 11.3 Å². The Labute approximate surface area is 118 Å². The summed E-state index contributed by atoms with van der Waals surface area (Å²) in [5, 5.41) is 7.02. The normalized spacial score (nSPS) is 16.7. The van der Waals surface area contributed by atoms with Gasteiger partial charge in [0, 0.05) is 12.1 Å². The molecule has 0 saturated heterocycles. The predicted molar refractivity (Wildman–Crippen MR) is 79.6 cm³/mol. The second kappa shape index (κ2) is 5.77. The molecule has 106 valence electrons. The fourth-order valence-corrected chi connectivity index (χ4v) is 3.08. The zero-order valence-corrected chi connectivity index (χ0v) is 12.4. The Morgan fingerprint density at radius 3 is 2.74 bits per heavy atom. The highest BCUT2D eigenvalue weighted by atomic mass is 32.1. The molecule has 1 aliphatic carbocycles. The lowest BCUT2D eigenvalue weighted by Crippen LogP contribution is -2.52. The van der Waals surface area contributed by atoms with Gasteiger partial charge in [-0.1, -0.05) is 25.2 Å². The molecule has 0 atom stereocenters. The van der Waals surface area contributed by atoms with Crippen LogP contribution in [-0.2, 0) is 0 Å². The van der Waals surface area contributed by atoms with Crippen LogP contribution < -0.4 is 16.4 Å². The van der Waals surface area contributed by atoms with Crippen LogP contribution in [0.3, 0.4) is 0 Å². The van der Waals surface area contributed by atoms with Crippen LogP contribution in [0, 0.1) is 0 Å². The average molecular weight is 282 g/mol. The number of amides is 1. The molecule has 1 fully saturated rings. The number of carbonyl (C=O) groups is 1. The number of hydrogen-bond acceptors (Lipinski definition) is 5. The zero-order valence-electron chi connectivity index (χ0n) is 11.6. The molecule has 0 spiro atoms. The first-order valence-electron chi connectivity index (χ1n) is 6.93. The number of carbonyl (C=O) groups excluding carboxylic acids is 1. The van der Waals surface area contributed by atoms with Crippen molar-refractivity contribution in [2.45, 2.75) is 51.5 Å². The van der Waals surface area contributed by atoms with E-state index in [0.717, 1.165) is 37.4 Å². The molecule has 1 aromatic heterocycles. The van der Waals surface area contributed by atoms with Crippen LogP contribution in [0.1, 0.15) is 55.6 Å². The molecule has 0 radical (unpaired) electrons. The minimum atomic E-state index is -0.0823. The third-order valence-corrected chi connectivity index (χ3v) is 4.78. The van der Waals surface area contributed by atoms with Gasteiger partial charge in [-0.3, -0.25) is 4.79 Å². The lowest BCUT2D eigenvalue weighted by atomic mass is 9.75. The maximum absolute atomic E-state index is 12.3. The van der Waals surface area contributed by atoms with E-state index in [9.17, 15) is 4.79 Å². The maximum atomic E-state index is 12.3. The van der Waals surface area contributed by atoms with Crippen molar-refractivity contribution in [3.8, 4) is 0 Å². The number of nitrogen functional groups attached to an aromatic ring is 1. The first-order valence-corrected chi connectivity index (χ1v) is 7.74. The van der Waals surface area contributed by atoms with Crippen LogP contribution in [0.15, 0.2) is 0 Å². The number of nitrogens with one attached hydrogen (secondary N) is 2. The summed E-state index contributed by atoms with van der Waals surface area (Å²) in [6.07, 6.45) is 5.30. The highest BCUT2D eigenvalue weighted by Gasteiger charge is 2.37. The van der Waals surface area contributed by atoms with Gasteiger partial charge in [0.05, 0.1) is 0 Å². The van der Waals surface area contributed by atoms with Crippen molar-refractivity contribution in [3.05, 3.63) is 4.88 Å². The quantitative estimate of drug-likeness (QED) is 0.749. The number of anilines is 2. The molecule has 0 bridgehead atoms. The molecule has 2 rings (SSSR count). The van der Waals surface area contributed by atoms with Crippen molar-refractivity contribution in [1.82, 2.24) is 10.3 Å². The summed E-state index contributed by atoms with van der Waals surface area (Å²) in [6, 6.07) is 0. The number of hydrogen-bond donors (Lipinski definition) is 3. The molecule has 4 N–H and O–H groups in total. The van der Waals surface area contributed by atoms with E-state index < -0.39 is 0 Å². The molecule has 19 heavy (non-hydrogen) atoms. The number of aromatic nitrogens is 1. The van der Waals surface area contributed by atoms with Gasteiger partial charge in [0.2, 0.25) is 0 Å². The van der Waals surface area contributed by atoms with Crippen molar-refractivity contribution < 1.29 is 4.79 Å². The summed E-state index contributed by atoms with van der Waals surface area (Å²) in [4.78, 5) is 17.0. The second-order valence-corrected chi connectivity index (χ2v) is 6.10. The van der Waals surface area contributed by atoms with Crippen molar-refractivity contribution >= 4 is 28.2 Å². The van der Waals surface area contributed by atoms with Gasteiger partial charge >= 0.3 is 0 Å². The Morgan fingerprint density at radius 2 is 2.21 bits per heavy atom. The molecule has 0 unspecified atom stereocenters. The largest absolute Gasteiger partial charge is 0.382 e. The number of nitrogens with two attached hydrogens (primary N) is 1. The molecule has 5 nitrogen and oxygen atoms in total. The van der Waals surface area contributed by atoms with Crippen molar-refractivity contribution in [2.24, 2.45) is 0 Å². The van der Waals surface area contributed by atoms with Gasteiger partial charge in [0.25, 0.3) is 5.91 Å². The number of thiazole rings is 1. The van der Waals surface area contributed by atoms with Crippen molar-refractivity contribution in [2.75, 3.05) is 17.6 Å². The van der Waals surface area contributed by atoms with Crippen LogP contribution in [0.5, 0.6) is 0 Å². The Balaban J connectivity index is 2.04. The SMILES string of the molecule is CCCNc1nc(N)c(C(=O)NC2(CC)CCC2)s1. The summed E-state index contributed by atoms with van der Waals surface area (Å²) in [6.45, 7) is 5.04. The van der Waals surface area contributed by atoms with Gasteiger partial charge < -0.3 is 16.4 Å². The Hall–Kier alpha value is -1.30. The highest BCUT2D eigenvalue weighted by Crippen LogP contribution is 2.35. The maximum Gasteiger partial charge on any atom is 0.265 e. The van der Waals surface area contributed by atoms with Crippen LogP contribution in [0.25, 0.3) is 0 Å². The molecule has 1 heterocycles. The molecule has 1 aliphatic rings. The molecular formula is C13H22N4OS. The third-order valence-electron chi connectivity index (χ3n) is 3.75. The van der Waals surface area contributed by atoms with Crippen molar-refractivity contribution in [3.63, 3.8) is 0 Å². The number of nitrogens with zero attached hydrogens (tertiary/aromatic N) is 1. The Bertz CT molecular complexity index is 448. The van der Waals surface area contributed by atoms with E-state index in [0.29, 0.717) is 10.7 Å². The smallest absolute Gasteiger partial charge is 0.265 e. The van der Waals surface area contributed by atoms with E-state index in [1.165, 1.54) is 17.8 Å². The predicted octanol–water partition coefficient (Wildman–Crippen LogP) is 2.61. The summed E-state index contributed by atoms with van der Waals surface area (Å²) >= 11 is 1.33. The summed E-state index contributed by atoms with van der Waals surface area (Å²) in [5.41, 5.74) is 5.82. The lowest BCUT2D eigenvalue weighted by Gasteiger charge is -2.41. The molecular weight excluding hydrogens is 260 g/mol. The Kier molecular flexibility index (Phi) is 4.29. The lowest BCUT2D eigenvalue weighted by molar-refractivity contribution is 0.0825. The molecule has 1 saturated carbocycles. The minimum absolute atomic E-state index is 0.00940. The molecule has 1 amide bonds. The molecule has 6 heteroatoms. The molecule has 1 aromatic rings. The third kappa shape index (κ3) is 3.00. The van der Waals surface area contributed by atoms with Gasteiger partial charge in [0.1, 0.15) is 10.7 Å². The van der Waals surface area contributed by atoms with E-state index >= 15 is 0 Å². The van der Waals surface area contributed by atoms with Gasteiger partial charge in [-0.25, -0.2) is 4.98 Å². The van der Waals surface area contributed by atoms with E-state index in [2.05, 4.69) is 29.5 Å². The van der Waals surface area contributed by atoms with E-state index in [1.54, 1.807) is 0 Å². The van der Waals surface area contributed by atoms with Gasteiger partial charge in [-0.05, 0) is 32.1 Å². The van der Waals surface area contributed by atoms with E-state index in [-0.39, 0.29) is 11.4 Å². The van der Waals surface area contributed by atoms with Crippen LogP contribution in [-0.4, -0.2) is 23.0 Å². The highest BCUT2D eigenvalue weighted by molar-refractivity contribution is 7.18. The van der Waals surface area contributed by atoms with Gasteiger partial charge in [0.15, 0.2) is 5.13 Å². The van der Waals surface area contributed by atoms with Crippen LogP contribution in [0.4, 0.5) is 10.9 Å².